The number of rotatable bonds is 5. The normalized spacial score (nSPS) is 16.0. The van der Waals surface area contributed by atoms with Crippen molar-refractivity contribution in [3.05, 3.63) is 53.9 Å². The molecule has 0 bridgehead atoms. The average Bonchev–Trinajstić information content (AvgIpc) is 2.95. The molecule has 0 atom stereocenters. The van der Waals surface area contributed by atoms with Crippen LogP contribution in [0.25, 0.3) is 0 Å². The van der Waals surface area contributed by atoms with E-state index in [-0.39, 0.29) is 29.4 Å². The maximum Gasteiger partial charge on any atom is 0.191 e. The van der Waals surface area contributed by atoms with Gasteiger partial charge in [0.2, 0.25) is 0 Å². The topological polar surface area (TPSA) is 54.2 Å². The van der Waals surface area contributed by atoms with Gasteiger partial charge in [0.15, 0.2) is 5.96 Å². The summed E-state index contributed by atoms with van der Waals surface area (Å²) in [6.45, 7) is 1.64. The van der Waals surface area contributed by atoms with Gasteiger partial charge in [0.05, 0.1) is 12.2 Å². The number of guanidine groups is 1. The molecule has 6 heteroatoms. The van der Waals surface area contributed by atoms with E-state index in [0.717, 1.165) is 18.2 Å². The van der Waals surface area contributed by atoms with Crippen LogP contribution in [0.4, 0.5) is 0 Å². The van der Waals surface area contributed by atoms with Gasteiger partial charge in [-0.15, -0.1) is 24.0 Å². The minimum absolute atomic E-state index is 0. The lowest BCUT2D eigenvalue weighted by atomic mass is 9.64. The van der Waals surface area contributed by atoms with E-state index in [9.17, 15) is 0 Å². The molecule has 0 radical (unpaired) electrons. The van der Waals surface area contributed by atoms with Gasteiger partial charge in [0.25, 0.3) is 0 Å². The second-order valence-corrected chi connectivity index (χ2v) is 6.23. The summed E-state index contributed by atoms with van der Waals surface area (Å²) in [7, 11) is 3.76. The van der Waals surface area contributed by atoms with Crippen molar-refractivity contribution < 1.29 is 0 Å². The average molecular weight is 439 g/mol. The number of hydrogen-bond acceptors (Lipinski definition) is 2. The van der Waals surface area contributed by atoms with Gasteiger partial charge in [0, 0.05) is 32.3 Å². The highest BCUT2D eigenvalue weighted by Gasteiger charge is 2.38. The Hall–Kier alpha value is -1.57. The first kappa shape index (κ1) is 18.8. The summed E-state index contributed by atoms with van der Waals surface area (Å²) in [5.41, 5.74) is 2.82. The first-order valence-electron chi connectivity index (χ1n) is 8.20. The lowest BCUT2D eigenvalue weighted by Gasteiger charge is -2.43. The van der Waals surface area contributed by atoms with Crippen LogP contribution in [0.15, 0.2) is 47.6 Å². The number of benzene rings is 1. The number of aliphatic imine (C=N–C) groups is 1. The van der Waals surface area contributed by atoms with E-state index >= 15 is 0 Å². The predicted octanol–water partition coefficient (Wildman–Crippen LogP) is 2.83. The maximum atomic E-state index is 4.34. The molecule has 1 aromatic heterocycles. The molecule has 1 aliphatic carbocycles. The molecule has 0 aliphatic heterocycles. The van der Waals surface area contributed by atoms with E-state index in [0.29, 0.717) is 6.54 Å². The summed E-state index contributed by atoms with van der Waals surface area (Å²) < 4.78 is 1.87. The van der Waals surface area contributed by atoms with E-state index in [1.807, 2.05) is 31.0 Å². The van der Waals surface area contributed by atoms with Crippen LogP contribution in [-0.2, 0) is 19.0 Å². The highest BCUT2D eigenvalue weighted by Crippen LogP contribution is 2.43. The Morgan fingerprint density at radius 3 is 2.50 bits per heavy atom. The van der Waals surface area contributed by atoms with Crippen molar-refractivity contribution in [1.82, 2.24) is 20.4 Å². The van der Waals surface area contributed by atoms with Crippen LogP contribution in [0.5, 0.6) is 0 Å². The summed E-state index contributed by atoms with van der Waals surface area (Å²) in [4.78, 5) is 4.34. The third-order valence-electron chi connectivity index (χ3n) is 4.87. The monoisotopic (exact) mass is 439 g/mol. The largest absolute Gasteiger partial charge is 0.356 e. The standard InChI is InChI=1S/C18H25N5.HI/c1-19-17(20-13-16-9-12-22-23(16)2)21-14-18(10-6-11-18)15-7-4-3-5-8-15;/h3-5,7-9,12H,6,10-11,13-14H2,1-2H3,(H2,19,20,21);1H. The second-order valence-electron chi connectivity index (χ2n) is 6.23. The number of hydrogen-bond donors (Lipinski definition) is 2. The van der Waals surface area contributed by atoms with Gasteiger partial charge in [-0.3, -0.25) is 9.67 Å². The number of halogens is 1. The molecule has 5 nitrogen and oxygen atoms in total. The SMILES string of the molecule is CN=C(NCc1ccnn1C)NCC1(c2ccccc2)CCC1.I. The van der Waals surface area contributed by atoms with Gasteiger partial charge in [-0.25, -0.2) is 0 Å². The van der Waals surface area contributed by atoms with E-state index in [4.69, 9.17) is 0 Å². The molecular weight excluding hydrogens is 413 g/mol. The Morgan fingerprint density at radius 1 is 1.21 bits per heavy atom. The van der Waals surface area contributed by atoms with Gasteiger partial charge < -0.3 is 10.6 Å². The zero-order valence-electron chi connectivity index (χ0n) is 14.3. The summed E-state index contributed by atoms with van der Waals surface area (Å²) in [6.07, 6.45) is 5.59. The summed E-state index contributed by atoms with van der Waals surface area (Å²) in [6, 6.07) is 12.8. The minimum atomic E-state index is 0. The van der Waals surface area contributed by atoms with Crippen LogP contribution >= 0.6 is 24.0 Å². The summed E-state index contributed by atoms with van der Waals surface area (Å²) >= 11 is 0. The molecule has 2 N–H and O–H groups in total. The molecule has 1 aromatic carbocycles. The molecule has 130 valence electrons. The molecular formula is C18H26IN5. The molecule has 24 heavy (non-hydrogen) atoms. The Kier molecular flexibility index (Phi) is 6.65. The van der Waals surface area contributed by atoms with Crippen LogP contribution in [0, 0.1) is 0 Å². The van der Waals surface area contributed by atoms with Crippen LogP contribution in [0.1, 0.15) is 30.5 Å². The molecule has 1 heterocycles. The number of nitrogens with zero attached hydrogens (tertiary/aromatic N) is 3. The first-order valence-corrected chi connectivity index (χ1v) is 8.20. The van der Waals surface area contributed by atoms with E-state index in [1.54, 1.807) is 0 Å². The van der Waals surface area contributed by atoms with Crippen molar-refractivity contribution in [2.75, 3.05) is 13.6 Å². The molecule has 1 fully saturated rings. The molecule has 0 spiro atoms. The van der Waals surface area contributed by atoms with Gasteiger partial charge in [0.1, 0.15) is 0 Å². The summed E-state index contributed by atoms with van der Waals surface area (Å²) in [5, 5.41) is 11.0. The smallest absolute Gasteiger partial charge is 0.191 e. The van der Waals surface area contributed by atoms with Crippen molar-refractivity contribution in [3.63, 3.8) is 0 Å². The van der Waals surface area contributed by atoms with Crippen LogP contribution in [0.3, 0.4) is 0 Å². The third kappa shape index (κ3) is 4.09. The molecule has 1 aliphatic rings. The summed E-state index contributed by atoms with van der Waals surface area (Å²) in [5.74, 6) is 0.841. The maximum absolute atomic E-state index is 4.34. The van der Waals surface area contributed by atoms with Gasteiger partial charge in [-0.1, -0.05) is 36.8 Å². The van der Waals surface area contributed by atoms with Gasteiger partial charge >= 0.3 is 0 Å². The lowest BCUT2D eigenvalue weighted by Crippen LogP contribution is -2.48. The third-order valence-corrected chi connectivity index (χ3v) is 4.87. The van der Waals surface area contributed by atoms with Crippen LogP contribution in [0.2, 0.25) is 0 Å². The molecule has 0 saturated heterocycles. The van der Waals surface area contributed by atoms with Crippen molar-refractivity contribution in [1.29, 1.82) is 0 Å². The lowest BCUT2D eigenvalue weighted by molar-refractivity contribution is 0.244. The van der Waals surface area contributed by atoms with E-state index in [2.05, 4.69) is 51.1 Å². The number of aromatic nitrogens is 2. The predicted molar refractivity (Wildman–Crippen MR) is 109 cm³/mol. The molecule has 0 unspecified atom stereocenters. The Balaban J connectivity index is 0.00000208. The van der Waals surface area contributed by atoms with Gasteiger partial charge in [-0.05, 0) is 24.5 Å². The van der Waals surface area contributed by atoms with E-state index < -0.39 is 0 Å². The molecule has 3 rings (SSSR count). The highest BCUT2D eigenvalue weighted by atomic mass is 127. The van der Waals surface area contributed by atoms with E-state index in [1.165, 1.54) is 24.8 Å². The van der Waals surface area contributed by atoms with Crippen LogP contribution in [-0.4, -0.2) is 29.3 Å². The zero-order chi connectivity index (χ0) is 16.1. The fraction of sp³-hybridized carbons (Fsp3) is 0.444. The molecule has 0 amide bonds. The zero-order valence-corrected chi connectivity index (χ0v) is 16.7. The van der Waals surface area contributed by atoms with Crippen LogP contribution < -0.4 is 10.6 Å². The number of aryl methyl sites for hydroxylation is 1. The quantitative estimate of drug-likeness (QED) is 0.428. The highest BCUT2D eigenvalue weighted by molar-refractivity contribution is 14.0. The first-order chi connectivity index (χ1) is 11.2. The molecule has 2 aromatic rings. The Labute approximate surface area is 161 Å². The number of nitrogens with one attached hydrogen (secondary N) is 2. The second kappa shape index (κ2) is 8.50. The van der Waals surface area contributed by atoms with Crippen molar-refractivity contribution in [2.45, 2.75) is 31.2 Å². The van der Waals surface area contributed by atoms with Crippen molar-refractivity contribution in [2.24, 2.45) is 12.0 Å². The Bertz CT molecular complexity index is 661. The fourth-order valence-electron chi connectivity index (χ4n) is 3.19. The van der Waals surface area contributed by atoms with Crippen molar-refractivity contribution >= 4 is 29.9 Å². The fourth-order valence-corrected chi connectivity index (χ4v) is 3.19. The van der Waals surface area contributed by atoms with Crippen molar-refractivity contribution in [3.8, 4) is 0 Å². The Morgan fingerprint density at radius 2 is 1.96 bits per heavy atom. The van der Waals surface area contributed by atoms with Gasteiger partial charge in [-0.2, -0.15) is 5.10 Å². The minimum Gasteiger partial charge on any atom is -0.356 e. The molecule has 1 saturated carbocycles.